The molecule has 1 aromatic carbocycles. The first-order chi connectivity index (χ1) is 19.5. The Bertz CT molecular complexity index is 1470. The fourth-order valence-corrected chi connectivity index (χ4v) is 6.13. The number of aromatic nitrogens is 4. The van der Waals surface area contributed by atoms with E-state index < -0.39 is 21.8 Å². The monoisotopic (exact) mass is 593 g/mol. The van der Waals surface area contributed by atoms with Crippen LogP contribution in [-0.2, 0) is 16.2 Å². The van der Waals surface area contributed by atoms with E-state index in [0.29, 0.717) is 32.5 Å². The summed E-state index contributed by atoms with van der Waals surface area (Å²) in [6, 6.07) is 5.43. The van der Waals surface area contributed by atoms with Gasteiger partial charge < -0.3 is 14.6 Å². The summed E-state index contributed by atoms with van der Waals surface area (Å²) in [5.41, 5.74) is 0.379. The first-order valence-corrected chi connectivity index (χ1v) is 15.5. The van der Waals surface area contributed by atoms with Crippen LogP contribution in [0.1, 0.15) is 36.8 Å². The van der Waals surface area contributed by atoms with E-state index >= 15 is 0 Å². The van der Waals surface area contributed by atoms with Gasteiger partial charge in [-0.15, -0.1) is 0 Å². The molecule has 2 fully saturated rings. The number of aryl methyl sites for hydroxylation is 1. The van der Waals surface area contributed by atoms with Crippen LogP contribution in [0, 0.1) is 6.92 Å². The molecule has 0 bridgehead atoms. The summed E-state index contributed by atoms with van der Waals surface area (Å²) in [5, 5.41) is 3.07. The van der Waals surface area contributed by atoms with Gasteiger partial charge in [0.1, 0.15) is 29.3 Å². The van der Waals surface area contributed by atoms with Crippen LogP contribution < -0.4 is 10.1 Å². The van der Waals surface area contributed by atoms with Crippen molar-refractivity contribution in [3.05, 3.63) is 48.0 Å². The molecule has 10 nitrogen and oxygen atoms in total. The maximum absolute atomic E-state index is 13.9. The van der Waals surface area contributed by atoms with Crippen molar-refractivity contribution in [2.24, 2.45) is 0 Å². The first-order valence-electron chi connectivity index (χ1n) is 13.6. The molecule has 5 rings (SSSR count). The van der Waals surface area contributed by atoms with Crippen LogP contribution >= 0.6 is 0 Å². The summed E-state index contributed by atoms with van der Waals surface area (Å²) in [6.07, 6.45) is 3.64. The molecule has 3 aromatic rings. The number of nitrogens with one attached hydrogen (secondary N) is 1. The Hall–Kier alpha value is -3.23. The van der Waals surface area contributed by atoms with E-state index in [1.165, 1.54) is 29.7 Å². The lowest BCUT2D eigenvalue weighted by atomic mass is 10.1. The van der Waals surface area contributed by atoms with Gasteiger partial charge in [-0.25, -0.2) is 27.7 Å². The highest BCUT2D eigenvalue weighted by Crippen LogP contribution is 2.36. The molecule has 0 spiro atoms. The number of sulfonamides is 1. The number of likely N-dealkylation sites (tertiary alicyclic amines) is 1. The molecule has 41 heavy (non-hydrogen) atoms. The van der Waals surface area contributed by atoms with Gasteiger partial charge in [-0.1, -0.05) is 0 Å². The number of nitrogens with zero attached hydrogens (tertiary/aromatic N) is 6. The number of halogens is 3. The summed E-state index contributed by atoms with van der Waals surface area (Å²) in [6.45, 7) is 6.22. The van der Waals surface area contributed by atoms with Gasteiger partial charge in [-0.2, -0.15) is 13.2 Å². The fourth-order valence-electron chi connectivity index (χ4n) is 5.25. The lowest BCUT2D eigenvalue weighted by Gasteiger charge is -2.30. The zero-order valence-corrected chi connectivity index (χ0v) is 23.9. The summed E-state index contributed by atoms with van der Waals surface area (Å²) in [7, 11) is -3.29. The summed E-state index contributed by atoms with van der Waals surface area (Å²) >= 11 is 0. The number of hydrogen-bond acceptors (Lipinski definition) is 8. The third kappa shape index (κ3) is 7.16. The van der Waals surface area contributed by atoms with E-state index in [1.807, 2.05) is 25.1 Å². The molecule has 222 valence electrons. The van der Waals surface area contributed by atoms with E-state index in [1.54, 1.807) is 4.57 Å². The average molecular weight is 594 g/mol. The molecule has 2 aliphatic heterocycles. The predicted octanol–water partition coefficient (Wildman–Crippen LogP) is 3.97. The largest absolute Gasteiger partial charge is 0.492 e. The Morgan fingerprint density at radius 1 is 1.10 bits per heavy atom. The van der Waals surface area contributed by atoms with E-state index in [-0.39, 0.29) is 23.4 Å². The van der Waals surface area contributed by atoms with Crippen LogP contribution in [0.4, 0.5) is 19.1 Å². The molecule has 0 saturated carbocycles. The molecule has 4 heterocycles. The minimum absolute atomic E-state index is 0.0342. The maximum Gasteiger partial charge on any atom is 0.420 e. The van der Waals surface area contributed by atoms with Gasteiger partial charge >= 0.3 is 6.18 Å². The number of hydrogen-bond donors (Lipinski definition) is 1. The Kier molecular flexibility index (Phi) is 8.52. The smallest absolute Gasteiger partial charge is 0.420 e. The van der Waals surface area contributed by atoms with Gasteiger partial charge in [0, 0.05) is 43.8 Å². The van der Waals surface area contributed by atoms with Gasteiger partial charge in [0.2, 0.25) is 16.0 Å². The standard InChI is InChI=1S/C27H34F3N7O3S/c1-19-15-21(40-14-13-35-9-3-4-10-35)5-6-24(19)36-17-23(32-18-36)25-22(27(28,29)30)16-31-26(34-25)33-20-7-11-37(12-8-20)41(2,38)39/h5-6,15-18,20H,3-4,7-14H2,1-2H3,(H,31,33,34). The number of piperidine rings is 1. The maximum atomic E-state index is 13.9. The van der Waals surface area contributed by atoms with E-state index in [9.17, 15) is 21.6 Å². The molecule has 1 N–H and O–H groups in total. The molecule has 2 aromatic heterocycles. The topological polar surface area (TPSA) is 105 Å². The van der Waals surface area contributed by atoms with Gasteiger partial charge in [0.05, 0.1) is 12.6 Å². The first kappa shape index (κ1) is 29.3. The van der Waals surface area contributed by atoms with Crippen LogP contribution in [0.15, 0.2) is 36.9 Å². The van der Waals surface area contributed by atoms with Crippen molar-refractivity contribution in [1.82, 2.24) is 28.7 Å². The zero-order chi connectivity index (χ0) is 29.2. The molecule has 2 aliphatic rings. The molecule has 14 heteroatoms. The van der Waals surface area contributed by atoms with Crippen molar-refractivity contribution in [2.75, 3.05) is 50.9 Å². The van der Waals surface area contributed by atoms with Crippen molar-refractivity contribution in [3.8, 4) is 22.8 Å². The van der Waals surface area contributed by atoms with Gasteiger partial charge in [-0.05, 0) is 69.5 Å². The van der Waals surface area contributed by atoms with Crippen molar-refractivity contribution in [2.45, 2.75) is 44.8 Å². The fraction of sp³-hybridized carbons (Fsp3) is 0.519. The van der Waals surface area contributed by atoms with Crippen molar-refractivity contribution in [3.63, 3.8) is 0 Å². The molecular weight excluding hydrogens is 559 g/mol. The van der Waals surface area contributed by atoms with Crippen LogP contribution in [-0.4, -0.2) is 88.8 Å². The SMILES string of the molecule is Cc1cc(OCCN2CCCC2)ccc1-n1cnc(-c2nc(NC3CCN(S(C)(=O)=O)CC3)ncc2C(F)(F)F)c1. The quantitative estimate of drug-likeness (QED) is 0.398. The minimum atomic E-state index is -4.68. The normalized spacial score (nSPS) is 17.7. The van der Waals surface area contributed by atoms with Gasteiger partial charge in [0.15, 0.2) is 0 Å². The average Bonchev–Trinajstić information content (AvgIpc) is 3.61. The number of benzene rings is 1. The molecule has 0 aliphatic carbocycles. The van der Waals surface area contributed by atoms with Crippen LogP contribution in [0.2, 0.25) is 0 Å². The zero-order valence-electron chi connectivity index (χ0n) is 23.1. The number of imidazole rings is 1. The van der Waals surface area contributed by atoms with Gasteiger partial charge in [0.25, 0.3) is 0 Å². The second-order valence-corrected chi connectivity index (χ2v) is 12.5. The Morgan fingerprint density at radius 2 is 1.83 bits per heavy atom. The Morgan fingerprint density at radius 3 is 2.49 bits per heavy atom. The van der Waals surface area contributed by atoms with Crippen molar-refractivity contribution in [1.29, 1.82) is 0 Å². The van der Waals surface area contributed by atoms with Crippen LogP contribution in [0.25, 0.3) is 17.1 Å². The number of ether oxygens (including phenoxy) is 1. The minimum Gasteiger partial charge on any atom is -0.492 e. The molecule has 0 unspecified atom stereocenters. The van der Waals surface area contributed by atoms with E-state index in [0.717, 1.165) is 49.1 Å². The lowest BCUT2D eigenvalue weighted by molar-refractivity contribution is -0.137. The second kappa shape index (κ2) is 11.9. The van der Waals surface area contributed by atoms with Gasteiger partial charge in [-0.3, -0.25) is 4.90 Å². The van der Waals surface area contributed by atoms with Crippen molar-refractivity contribution >= 4 is 16.0 Å². The number of alkyl halides is 3. The predicted molar refractivity (Wildman–Crippen MR) is 149 cm³/mol. The number of rotatable bonds is 9. The van der Waals surface area contributed by atoms with Crippen molar-refractivity contribution < 1.29 is 26.3 Å². The summed E-state index contributed by atoms with van der Waals surface area (Å²) in [5.74, 6) is 0.769. The molecule has 2 saturated heterocycles. The molecular formula is C27H34F3N7O3S. The third-order valence-electron chi connectivity index (χ3n) is 7.50. The van der Waals surface area contributed by atoms with E-state index in [2.05, 4.69) is 25.2 Å². The highest BCUT2D eigenvalue weighted by Gasteiger charge is 2.36. The highest BCUT2D eigenvalue weighted by molar-refractivity contribution is 7.88. The Labute approximate surface area is 237 Å². The second-order valence-electron chi connectivity index (χ2n) is 10.5. The summed E-state index contributed by atoms with van der Waals surface area (Å²) in [4.78, 5) is 14.7. The Balaban J connectivity index is 1.31. The van der Waals surface area contributed by atoms with Crippen LogP contribution in [0.3, 0.4) is 0 Å². The summed E-state index contributed by atoms with van der Waals surface area (Å²) < 4.78 is 74.2. The lowest BCUT2D eigenvalue weighted by Crippen LogP contribution is -2.42. The van der Waals surface area contributed by atoms with E-state index in [4.69, 9.17) is 4.74 Å². The highest BCUT2D eigenvalue weighted by atomic mass is 32.2. The van der Waals surface area contributed by atoms with Crippen LogP contribution in [0.5, 0.6) is 5.75 Å². The third-order valence-corrected chi connectivity index (χ3v) is 8.80. The molecule has 0 radical (unpaired) electrons. The molecule has 0 atom stereocenters. The number of anilines is 1. The molecule has 0 amide bonds.